The van der Waals surface area contributed by atoms with Gasteiger partial charge in [0.25, 0.3) is 0 Å². The monoisotopic (exact) mass is 230 g/mol. The van der Waals surface area contributed by atoms with Gasteiger partial charge in [-0.1, -0.05) is 18.7 Å². The summed E-state index contributed by atoms with van der Waals surface area (Å²) in [5.41, 5.74) is 1.92. The van der Waals surface area contributed by atoms with Gasteiger partial charge in [-0.2, -0.15) is 0 Å². The maximum Gasteiger partial charge on any atom is 0.158 e. The highest BCUT2D eigenvalue weighted by Crippen LogP contribution is 2.36. The minimum absolute atomic E-state index is 0.184. The predicted octanol–water partition coefficient (Wildman–Crippen LogP) is 3.48. The molecule has 1 unspecified atom stereocenters. The summed E-state index contributed by atoms with van der Waals surface area (Å²) in [6.07, 6.45) is 1.71. The summed E-state index contributed by atoms with van der Waals surface area (Å²) in [7, 11) is 0. The third-order valence-electron chi connectivity index (χ3n) is 3.09. The molecule has 2 heteroatoms. The Kier molecular flexibility index (Phi) is 3.32. The van der Waals surface area contributed by atoms with Gasteiger partial charge in [0.05, 0.1) is 6.10 Å². The summed E-state index contributed by atoms with van der Waals surface area (Å²) in [6.45, 7) is 7.89. The largest absolute Gasteiger partial charge is 0.491 e. The van der Waals surface area contributed by atoms with E-state index in [-0.39, 0.29) is 17.8 Å². The Hall–Kier alpha value is -1.57. The van der Waals surface area contributed by atoms with Crippen LogP contribution in [0.2, 0.25) is 0 Å². The molecule has 1 aliphatic carbocycles. The fourth-order valence-electron chi connectivity index (χ4n) is 2.22. The second kappa shape index (κ2) is 4.74. The zero-order valence-electron chi connectivity index (χ0n) is 10.4. The van der Waals surface area contributed by atoms with Crippen LogP contribution in [0.3, 0.4) is 0 Å². The zero-order chi connectivity index (χ0) is 12.4. The molecule has 1 aromatic carbocycles. The molecule has 0 aromatic heterocycles. The lowest BCUT2D eigenvalue weighted by Crippen LogP contribution is -2.05. The molecule has 0 heterocycles. The van der Waals surface area contributed by atoms with Crippen LogP contribution in [0.15, 0.2) is 36.4 Å². The quantitative estimate of drug-likeness (QED) is 0.743. The number of ketones is 1. The number of carbonyl (C=O) groups is 1. The van der Waals surface area contributed by atoms with Crippen molar-refractivity contribution in [3.8, 4) is 5.75 Å². The molecule has 0 amide bonds. The van der Waals surface area contributed by atoms with E-state index < -0.39 is 0 Å². The SMILES string of the molecule is C=C1C(=O)CCC1c1ccc(OC(C)C)cc1. The standard InChI is InChI=1S/C15H18O2/c1-10(2)17-13-6-4-12(5-7-13)14-8-9-15(16)11(14)3/h4-7,10,14H,3,8-9H2,1-2H3. The van der Waals surface area contributed by atoms with Gasteiger partial charge in [0.15, 0.2) is 5.78 Å². The molecule has 0 bridgehead atoms. The minimum Gasteiger partial charge on any atom is -0.491 e. The molecule has 1 saturated carbocycles. The Morgan fingerprint density at radius 2 is 1.94 bits per heavy atom. The maximum atomic E-state index is 11.4. The smallest absolute Gasteiger partial charge is 0.158 e. The molecule has 2 rings (SSSR count). The summed E-state index contributed by atoms with van der Waals surface area (Å²) < 4.78 is 5.59. The number of carbonyl (C=O) groups excluding carboxylic acids is 1. The first-order valence-electron chi connectivity index (χ1n) is 6.06. The van der Waals surface area contributed by atoms with Gasteiger partial charge in [0.1, 0.15) is 5.75 Å². The number of ether oxygens (including phenoxy) is 1. The molecule has 1 aliphatic rings. The number of rotatable bonds is 3. The highest BCUT2D eigenvalue weighted by atomic mass is 16.5. The first kappa shape index (κ1) is 11.9. The molecule has 0 aliphatic heterocycles. The Morgan fingerprint density at radius 1 is 1.29 bits per heavy atom. The summed E-state index contributed by atoms with van der Waals surface area (Å²) in [5, 5.41) is 0. The first-order chi connectivity index (χ1) is 8.08. The number of hydrogen-bond donors (Lipinski definition) is 0. The van der Waals surface area contributed by atoms with Crippen molar-refractivity contribution in [2.75, 3.05) is 0 Å². The van der Waals surface area contributed by atoms with E-state index in [0.717, 1.165) is 23.3 Å². The molecule has 1 atom stereocenters. The van der Waals surface area contributed by atoms with Gasteiger partial charge in [-0.3, -0.25) is 4.79 Å². The Morgan fingerprint density at radius 3 is 2.41 bits per heavy atom. The fraction of sp³-hybridized carbons (Fsp3) is 0.400. The van der Waals surface area contributed by atoms with Crippen molar-refractivity contribution in [3.05, 3.63) is 42.0 Å². The van der Waals surface area contributed by atoms with Gasteiger partial charge in [-0.15, -0.1) is 0 Å². The third-order valence-corrected chi connectivity index (χ3v) is 3.09. The number of allylic oxidation sites excluding steroid dienone is 1. The summed E-state index contributed by atoms with van der Waals surface area (Å²) in [4.78, 5) is 11.4. The van der Waals surface area contributed by atoms with Crippen LogP contribution in [-0.2, 0) is 4.79 Å². The Labute approximate surface area is 102 Å². The second-order valence-corrected chi connectivity index (χ2v) is 4.78. The van der Waals surface area contributed by atoms with Gasteiger partial charge in [-0.05, 0) is 43.5 Å². The molecule has 0 radical (unpaired) electrons. The van der Waals surface area contributed by atoms with Crippen molar-refractivity contribution in [1.29, 1.82) is 0 Å². The molecule has 1 aromatic rings. The van der Waals surface area contributed by atoms with Crippen molar-refractivity contribution >= 4 is 5.78 Å². The van der Waals surface area contributed by atoms with Crippen LogP contribution in [-0.4, -0.2) is 11.9 Å². The molecule has 90 valence electrons. The fourth-order valence-corrected chi connectivity index (χ4v) is 2.22. The van der Waals surface area contributed by atoms with Crippen LogP contribution in [0.5, 0.6) is 5.75 Å². The zero-order valence-corrected chi connectivity index (χ0v) is 10.4. The highest BCUT2D eigenvalue weighted by molar-refractivity contribution is 5.98. The van der Waals surface area contributed by atoms with Crippen LogP contribution < -0.4 is 4.74 Å². The molecular weight excluding hydrogens is 212 g/mol. The number of hydrogen-bond acceptors (Lipinski definition) is 2. The number of Topliss-reactive ketones (excluding diaryl/α,β-unsaturated/α-hetero) is 1. The van der Waals surface area contributed by atoms with Gasteiger partial charge in [0.2, 0.25) is 0 Å². The first-order valence-corrected chi connectivity index (χ1v) is 6.06. The molecule has 1 fully saturated rings. The highest BCUT2D eigenvalue weighted by Gasteiger charge is 2.27. The lowest BCUT2D eigenvalue weighted by Gasteiger charge is -2.13. The van der Waals surface area contributed by atoms with Crippen LogP contribution in [0.25, 0.3) is 0 Å². The second-order valence-electron chi connectivity index (χ2n) is 4.78. The minimum atomic E-state index is 0.184. The average molecular weight is 230 g/mol. The average Bonchev–Trinajstić information content (AvgIpc) is 2.60. The molecule has 17 heavy (non-hydrogen) atoms. The summed E-state index contributed by atoms with van der Waals surface area (Å²) >= 11 is 0. The van der Waals surface area contributed by atoms with Crippen molar-refractivity contribution in [3.63, 3.8) is 0 Å². The normalized spacial score (nSPS) is 20.1. The predicted molar refractivity (Wildman–Crippen MR) is 68.3 cm³/mol. The van der Waals surface area contributed by atoms with Crippen LogP contribution >= 0.6 is 0 Å². The Bertz CT molecular complexity index is 429. The van der Waals surface area contributed by atoms with Crippen molar-refractivity contribution < 1.29 is 9.53 Å². The van der Waals surface area contributed by atoms with E-state index in [1.54, 1.807) is 0 Å². The van der Waals surface area contributed by atoms with Crippen molar-refractivity contribution in [1.82, 2.24) is 0 Å². The number of benzene rings is 1. The van der Waals surface area contributed by atoms with Crippen LogP contribution in [0.1, 0.15) is 38.2 Å². The van der Waals surface area contributed by atoms with Crippen LogP contribution in [0, 0.1) is 0 Å². The van der Waals surface area contributed by atoms with Gasteiger partial charge in [0, 0.05) is 12.3 Å². The molecule has 0 N–H and O–H groups in total. The topological polar surface area (TPSA) is 26.3 Å². The van der Waals surface area contributed by atoms with E-state index in [4.69, 9.17) is 4.74 Å². The molecule has 0 spiro atoms. The lowest BCUT2D eigenvalue weighted by atomic mass is 9.94. The van der Waals surface area contributed by atoms with Gasteiger partial charge in [-0.25, -0.2) is 0 Å². The summed E-state index contributed by atoms with van der Waals surface area (Å²) in [5.74, 6) is 1.28. The van der Waals surface area contributed by atoms with Crippen LogP contribution in [0.4, 0.5) is 0 Å². The third kappa shape index (κ3) is 2.57. The van der Waals surface area contributed by atoms with E-state index in [1.165, 1.54) is 0 Å². The summed E-state index contributed by atoms with van der Waals surface area (Å²) in [6, 6.07) is 8.00. The van der Waals surface area contributed by atoms with E-state index in [0.29, 0.717) is 6.42 Å². The van der Waals surface area contributed by atoms with E-state index in [9.17, 15) is 4.79 Å². The van der Waals surface area contributed by atoms with Gasteiger partial charge >= 0.3 is 0 Å². The van der Waals surface area contributed by atoms with E-state index in [1.807, 2.05) is 38.1 Å². The van der Waals surface area contributed by atoms with Crippen molar-refractivity contribution in [2.24, 2.45) is 0 Å². The van der Waals surface area contributed by atoms with Gasteiger partial charge < -0.3 is 4.74 Å². The molecule has 2 nitrogen and oxygen atoms in total. The van der Waals surface area contributed by atoms with E-state index >= 15 is 0 Å². The van der Waals surface area contributed by atoms with Crippen molar-refractivity contribution in [2.45, 2.75) is 38.7 Å². The van der Waals surface area contributed by atoms with E-state index in [2.05, 4.69) is 6.58 Å². The molecular formula is C15H18O2. The lowest BCUT2D eigenvalue weighted by molar-refractivity contribution is -0.114. The maximum absolute atomic E-state index is 11.4. The Balaban J connectivity index is 2.13. The molecule has 0 saturated heterocycles.